The number of nitrogens with zero attached hydrogens (tertiary/aromatic N) is 3. The third-order valence-corrected chi connectivity index (χ3v) is 6.81. The third-order valence-electron chi connectivity index (χ3n) is 6.04. The number of amides is 2. The van der Waals surface area contributed by atoms with E-state index in [1.54, 1.807) is 25.0 Å². The molecule has 3 N–H and O–H groups in total. The highest BCUT2D eigenvalue weighted by molar-refractivity contribution is 7.11. The van der Waals surface area contributed by atoms with Gasteiger partial charge in [-0.25, -0.2) is 4.98 Å². The van der Waals surface area contributed by atoms with Crippen LogP contribution in [0.15, 0.2) is 66.6 Å². The molecule has 2 amide bonds. The molecule has 1 unspecified atom stereocenters. The SMILES string of the molecule is CNC(=O)CCCCCC(CNC(=O)c1cncs1)c1ncc(-c2ccc(-c3ccccn3)cc2)[nH]1. The molecule has 1 atom stereocenters. The van der Waals surface area contributed by atoms with Crippen LogP contribution < -0.4 is 10.6 Å². The van der Waals surface area contributed by atoms with Gasteiger partial charge < -0.3 is 15.6 Å². The Balaban J connectivity index is 1.42. The van der Waals surface area contributed by atoms with Crippen LogP contribution in [0, 0.1) is 0 Å². The summed E-state index contributed by atoms with van der Waals surface area (Å²) in [5, 5.41) is 5.69. The zero-order chi connectivity index (χ0) is 25.2. The van der Waals surface area contributed by atoms with E-state index < -0.39 is 0 Å². The molecule has 1 aromatic carbocycles. The Labute approximate surface area is 214 Å². The van der Waals surface area contributed by atoms with Gasteiger partial charge in [0.2, 0.25) is 5.91 Å². The van der Waals surface area contributed by atoms with Crippen LogP contribution in [0.2, 0.25) is 0 Å². The number of hydrogen-bond acceptors (Lipinski definition) is 6. The van der Waals surface area contributed by atoms with E-state index in [-0.39, 0.29) is 17.7 Å². The fraction of sp³-hybridized carbons (Fsp3) is 0.296. The Bertz CT molecular complexity index is 1240. The molecule has 0 spiro atoms. The summed E-state index contributed by atoms with van der Waals surface area (Å²) in [6.45, 7) is 0.470. The van der Waals surface area contributed by atoms with Gasteiger partial charge in [-0.3, -0.25) is 19.6 Å². The quantitative estimate of drug-likeness (QED) is 0.241. The van der Waals surface area contributed by atoms with E-state index in [4.69, 9.17) is 0 Å². The average Bonchev–Trinajstić information content (AvgIpc) is 3.64. The van der Waals surface area contributed by atoms with Crippen LogP contribution >= 0.6 is 11.3 Å². The topological polar surface area (TPSA) is 113 Å². The average molecular weight is 503 g/mol. The summed E-state index contributed by atoms with van der Waals surface area (Å²) in [7, 11) is 1.66. The predicted molar refractivity (Wildman–Crippen MR) is 142 cm³/mol. The van der Waals surface area contributed by atoms with Gasteiger partial charge in [0.05, 0.1) is 29.3 Å². The molecule has 0 aliphatic rings. The van der Waals surface area contributed by atoms with Gasteiger partial charge in [0, 0.05) is 37.7 Å². The lowest BCUT2D eigenvalue weighted by Crippen LogP contribution is -2.28. The standard InChI is InChI=1S/C27H30N6O2S/c1-28-25(34)9-4-2-3-7-21(15-32-27(35)24-17-29-18-36-24)26-31-16-23(33-26)20-12-10-19(11-13-20)22-8-5-6-14-30-22/h5-6,8,10-14,16-18,21H,2-4,7,9,15H2,1H3,(H,28,34)(H,31,33)(H,32,35). The second kappa shape index (κ2) is 12.7. The minimum absolute atomic E-state index is 0.0309. The monoisotopic (exact) mass is 502 g/mol. The molecule has 0 bridgehead atoms. The Hall–Kier alpha value is -3.85. The lowest BCUT2D eigenvalue weighted by molar-refractivity contribution is -0.120. The normalized spacial score (nSPS) is 11.7. The van der Waals surface area contributed by atoms with Gasteiger partial charge in [0.25, 0.3) is 5.91 Å². The molecular weight excluding hydrogens is 472 g/mol. The summed E-state index contributed by atoms with van der Waals surface area (Å²) in [4.78, 5) is 41.1. The second-order valence-corrected chi connectivity index (χ2v) is 9.41. The molecule has 0 aliphatic heterocycles. The number of hydrogen-bond donors (Lipinski definition) is 3. The molecule has 3 heterocycles. The van der Waals surface area contributed by atoms with Crippen molar-refractivity contribution in [2.45, 2.75) is 38.0 Å². The van der Waals surface area contributed by atoms with Gasteiger partial charge in [-0.1, -0.05) is 43.2 Å². The number of nitrogens with one attached hydrogen (secondary N) is 3. The van der Waals surface area contributed by atoms with E-state index in [1.165, 1.54) is 11.3 Å². The van der Waals surface area contributed by atoms with E-state index in [9.17, 15) is 9.59 Å². The van der Waals surface area contributed by atoms with Crippen molar-refractivity contribution in [2.75, 3.05) is 13.6 Å². The molecule has 4 rings (SSSR count). The number of imidazole rings is 1. The third kappa shape index (κ3) is 6.85. The number of thiazole rings is 1. The highest BCUT2D eigenvalue weighted by Crippen LogP contribution is 2.26. The highest BCUT2D eigenvalue weighted by atomic mass is 32.1. The van der Waals surface area contributed by atoms with Crippen molar-refractivity contribution in [3.05, 3.63) is 77.3 Å². The lowest BCUT2D eigenvalue weighted by atomic mass is 9.99. The number of aromatic nitrogens is 4. The molecule has 8 nitrogen and oxygen atoms in total. The first-order valence-electron chi connectivity index (χ1n) is 12.1. The van der Waals surface area contributed by atoms with Gasteiger partial charge in [0.15, 0.2) is 0 Å². The first kappa shape index (κ1) is 25.2. The first-order valence-corrected chi connectivity index (χ1v) is 13.0. The minimum atomic E-state index is -0.126. The number of carbonyl (C=O) groups excluding carboxylic acids is 2. The van der Waals surface area contributed by atoms with Crippen molar-refractivity contribution in [2.24, 2.45) is 0 Å². The van der Waals surface area contributed by atoms with Gasteiger partial charge >= 0.3 is 0 Å². The maximum absolute atomic E-state index is 12.5. The number of rotatable bonds is 12. The van der Waals surface area contributed by atoms with Crippen LogP contribution in [0.1, 0.15) is 53.5 Å². The Morgan fingerprint density at radius 2 is 1.83 bits per heavy atom. The molecule has 9 heteroatoms. The van der Waals surface area contributed by atoms with Gasteiger partial charge in [-0.15, -0.1) is 11.3 Å². The number of pyridine rings is 1. The first-order chi connectivity index (χ1) is 17.6. The maximum Gasteiger partial charge on any atom is 0.263 e. The van der Waals surface area contributed by atoms with E-state index in [1.807, 2.05) is 24.4 Å². The minimum Gasteiger partial charge on any atom is -0.359 e. The van der Waals surface area contributed by atoms with Crippen molar-refractivity contribution in [1.82, 2.24) is 30.6 Å². The van der Waals surface area contributed by atoms with E-state index in [0.717, 1.165) is 54.0 Å². The van der Waals surface area contributed by atoms with E-state index in [2.05, 4.69) is 54.8 Å². The van der Waals surface area contributed by atoms with E-state index >= 15 is 0 Å². The lowest BCUT2D eigenvalue weighted by Gasteiger charge is -2.15. The zero-order valence-electron chi connectivity index (χ0n) is 20.2. The number of benzene rings is 1. The van der Waals surface area contributed by atoms with Crippen LogP contribution in [0.4, 0.5) is 0 Å². The Morgan fingerprint density at radius 1 is 1.00 bits per heavy atom. The Kier molecular flexibility index (Phi) is 8.93. The number of H-pyrrole nitrogens is 1. The van der Waals surface area contributed by atoms with Crippen molar-refractivity contribution in [1.29, 1.82) is 0 Å². The molecule has 4 aromatic rings. The van der Waals surface area contributed by atoms with Crippen molar-refractivity contribution >= 4 is 23.2 Å². The maximum atomic E-state index is 12.5. The molecule has 0 radical (unpaired) electrons. The number of carbonyl (C=O) groups is 2. The number of aromatic amines is 1. The van der Waals surface area contributed by atoms with Gasteiger partial charge in [-0.2, -0.15) is 0 Å². The zero-order valence-corrected chi connectivity index (χ0v) is 21.1. The molecule has 36 heavy (non-hydrogen) atoms. The summed E-state index contributed by atoms with van der Waals surface area (Å²) in [6, 6.07) is 14.1. The summed E-state index contributed by atoms with van der Waals surface area (Å²) in [5.41, 5.74) is 5.60. The van der Waals surface area contributed by atoms with E-state index in [0.29, 0.717) is 17.8 Å². The van der Waals surface area contributed by atoms with Crippen LogP contribution in [-0.2, 0) is 4.79 Å². The largest absolute Gasteiger partial charge is 0.359 e. The molecule has 0 saturated heterocycles. The molecule has 0 aliphatic carbocycles. The second-order valence-electron chi connectivity index (χ2n) is 8.52. The van der Waals surface area contributed by atoms with Gasteiger partial charge in [-0.05, 0) is 30.5 Å². The summed E-state index contributed by atoms with van der Waals surface area (Å²) >= 11 is 1.32. The van der Waals surface area contributed by atoms with Crippen LogP contribution in [0.25, 0.3) is 22.5 Å². The molecule has 186 valence electrons. The number of unbranched alkanes of at least 4 members (excludes halogenated alkanes) is 2. The predicted octanol–water partition coefficient (Wildman–Crippen LogP) is 4.81. The molecule has 3 aromatic heterocycles. The van der Waals surface area contributed by atoms with Gasteiger partial charge in [0.1, 0.15) is 10.7 Å². The van der Waals surface area contributed by atoms with Crippen molar-refractivity contribution in [3.63, 3.8) is 0 Å². The van der Waals surface area contributed by atoms with Crippen LogP contribution in [0.5, 0.6) is 0 Å². The highest BCUT2D eigenvalue weighted by Gasteiger charge is 2.18. The molecule has 0 saturated carbocycles. The van der Waals surface area contributed by atoms with Crippen LogP contribution in [0.3, 0.4) is 0 Å². The summed E-state index contributed by atoms with van der Waals surface area (Å²) < 4.78 is 0. The molecular formula is C27H30N6O2S. The smallest absolute Gasteiger partial charge is 0.263 e. The van der Waals surface area contributed by atoms with Crippen LogP contribution in [-0.4, -0.2) is 45.3 Å². The Morgan fingerprint density at radius 3 is 2.56 bits per heavy atom. The summed E-state index contributed by atoms with van der Waals surface area (Å²) in [6.07, 6.45) is 9.30. The van der Waals surface area contributed by atoms with Crippen molar-refractivity contribution in [3.8, 4) is 22.5 Å². The molecule has 0 fully saturated rings. The summed E-state index contributed by atoms with van der Waals surface area (Å²) in [5.74, 6) is 0.810. The fourth-order valence-electron chi connectivity index (χ4n) is 3.99. The van der Waals surface area contributed by atoms with Crippen molar-refractivity contribution < 1.29 is 9.59 Å². The fourth-order valence-corrected chi connectivity index (χ4v) is 4.53.